The lowest BCUT2D eigenvalue weighted by atomic mass is 9.93. The first-order valence-electron chi connectivity index (χ1n) is 12.0. The monoisotopic (exact) mass is 494 g/mol. The zero-order chi connectivity index (χ0) is 24.4. The van der Waals surface area contributed by atoms with Crippen LogP contribution in [-0.4, -0.2) is 60.9 Å². The Kier molecular flexibility index (Phi) is 6.53. The Morgan fingerprint density at radius 3 is 2.71 bits per heavy atom. The molecule has 0 aromatic heterocycles. The zero-order valence-electron chi connectivity index (χ0n) is 19.4. The van der Waals surface area contributed by atoms with Crippen LogP contribution in [0.4, 0.5) is 0 Å². The molecule has 0 spiro atoms. The van der Waals surface area contributed by atoms with Gasteiger partial charge in [0.05, 0.1) is 17.3 Å². The molecule has 35 heavy (non-hydrogen) atoms. The van der Waals surface area contributed by atoms with Gasteiger partial charge >= 0.3 is 0 Å². The summed E-state index contributed by atoms with van der Waals surface area (Å²) < 4.78 is 34.5. The van der Waals surface area contributed by atoms with Gasteiger partial charge in [-0.05, 0) is 61.2 Å². The van der Waals surface area contributed by atoms with Crippen molar-refractivity contribution in [2.75, 3.05) is 26.2 Å². The van der Waals surface area contributed by atoms with E-state index in [1.165, 1.54) is 5.56 Å². The Balaban J connectivity index is 1.16. The summed E-state index contributed by atoms with van der Waals surface area (Å²) in [5, 5.41) is 6.10. The van der Waals surface area contributed by atoms with Gasteiger partial charge in [0.1, 0.15) is 10.7 Å². The van der Waals surface area contributed by atoms with E-state index < -0.39 is 16.0 Å². The summed E-state index contributed by atoms with van der Waals surface area (Å²) in [6.45, 7) is 2.96. The van der Waals surface area contributed by atoms with Gasteiger partial charge in [0.15, 0.2) is 0 Å². The van der Waals surface area contributed by atoms with Crippen molar-refractivity contribution in [1.82, 2.24) is 20.4 Å². The van der Waals surface area contributed by atoms with E-state index in [1.54, 1.807) is 23.1 Å². The third kappa shape index (κ3) is 5.06. The zero-order valence-corrected chi connectivity index (χ0v) is 20.2. The predicted molar refractivity (Wildman–Crippen MR) is 135 cm³/mol. The molecule has 0 aliphatic carbocycles. The molecule has 9 heteroatoms. The number of piperidine rings is 1. The topological polar surface area (TPSA) is 102 Å². The van der Waals surface area contributed by atoms with Gasteiger partial charge in [0.25, 0.3) is 16.0 Å². The quantitative estimate of drug-likeness (QED) is 0.501. The first-order chi connectivity index (χ1) is 16.9. The number of nitrogens with one attached hydrogen (secondary N) is 2. The van der Waals surface area contributed by atoms with Gasteiger partial charge in [-0.25, -0.2) is 0 Å². The van der Waals surface area contributed by atoms with Crippen LogP contribution >= 0.6 is 0 Å². The summed E-state index contributed by atoms with van der Waals surface area (Å²) in [5.41, 5.74) is 1.52. The average Bonchev–Trinajstić information content (AvgIpc) is 3.27. The number of carbonyl (C=O) groups is 1. The van der Waals surface area contributed by atoms with Gasteiger partial charge in [0, 0.05) is 26.2 Å². The van der Waals surface area contributed by atoms with Crippen molar-refractivity contribution < 1.29 is 17.8 Å². The van der Waals surface area contributed by atoms with Crippen molar-refractivity contribution in [2.24, 2.45) is 5.92 Å². The highest BCUT2D eigenvalue weighted by molar-refractivity contribution is 7.90. The molecule has 0 saturated carbocycles. The molecule has 2 fully saturated rings. The van der Waals surface area contributed by atoms with Crippen molar-refractivity contribution in [2.45, 2.75) is 25.3 Å². The summed E-state index contributed by atoms with van der Waals surface area (Å²) in [5.74, 6) is 0.790. The second-order valence-electron chi connectivity index (χ2n) is 9.25. The van der Waals surface area contributed by atoms with Gasteiger partial charge in [-0.3, -0.25) is 9.35 Å². The summed E-state index contributed by atoms with van der Waals surface area (Å²) in [4.78, 5) is 16.8. The van der Waals surface area contributed by atoms with Crippen molar-refractivity contribution in [3.63, 3.8) is 0 Å². The fourth-order valence-corrected chi connectivity index (χ4v) is 6.00. The first-order valence-corrected chi connectivity index (χ1v) is 13.4. The van der Waals surface area contributed by atoms with E-state index in [0.29, 0.717) is 24.7 Å². The summed E-state index contributed by atoms with van der Waals surface area (Å²) in [6.07, 6.45) is 14.0. The number of hydrogen-bond donors (Lipinski definition) is 3. The van der Waals surface area contributed by atoms with Crippen LogP contribution in [0.1, 0.15) is 24.8 Å². The molecular weight excluding hydrogens is 464 g/mol. The number of benzene rings is 1. The van der Waals surface area contributed by atoms with E-state index in [2.05, 4.69) is 39.9 Å². The van der Waals surface area contributed by atoms with Crippen LogP contribution in [0.15, 0.2) is 82.8 Å². The van der Waals surface area contributed by atoms with Crippen LogP contribution in [0.25, 0.3) is 6.08 Å². The van der Waals surface area contributed by atoms with Crippen LogP contribution in [0.2, 0.25) is 0 Å². The van der Waals surface area contributed by atoms with Crippen molar-refractivity contribution in [3.05, 3.63) is 88.4 Å². The summed E-state index contributed by atoms with van der Waals surface area (Å²) in [7, 11) is -4.60. The molecule has 5 rings (SSSR count). The number of allylic oxidation sites excluding steroid dienone is 3. The van der Waals surface area contributed by atoms with E-state index in [0.717, 1.165) is 38.2 Å². The lowest BCUT2D eigenvalue weighted by Crippen LogP contribution is -2.38. The fourth-order valence-electron chi connectivity index (χ4n) is 5.13. The SMILES string of the molecule is O=C(NCCC1CCN(C=Cc2ccccc2)CC1)C1=CC2CNC3=CC=CC(=C1S(=O)(=O)O)N32. The second kappa shape index (κ2) is 9.75. The third-order valence-corrected chi connectivity index (χ3v) is 7.90. The Hall–Kier alpha value is -3.30. The number of carbonyl (C=O) groups excluding carboxylic acids is 1. The van der Waals surface area contributed by atoms with Gasteiger partial charge in [-0.15, -0.1) is 0 Å². The normalized spacial score (nSPS) is 22.1. The summed E-state index contributed by atoms with van der Waals surface area (Å²) >= 11 is 0. The molecule has 4 aliphatic heterocycles. The lowest BCUT2D eigenvalue weighted by Gasteiger charge is -2.33. The first kappa shape index (κ1) is 23.4. The number of rotatable bonds is 7. The molecule has 3 N–H and O–H groups in total. The fraction of sp³-hybridized carbons (Fsp3) is 0.346. The second-order valence-corrected chi connectivity index (χ2v) is 10.6. The Morgan fingerprint density at radius 2 is 1.97 bits per heavy atom. The van der Waals surface area contributed by atoms with Crippen molar-refractivity contribution >= 4 is 22.1 Å². The maximum Gasteiger partial charge on any atom is 0.297 e. The molecule has 4 aliphatic rings. The van der Waals surface area contributed by atoms with Gasteiger partial charge < -0.3 is 20.4 Å². The molecule has 184 valence electrons. The molecule has 1 amide bonds. The van der Waals surface area contributed by atoms with Crippen LogP contribution in [0, 0.1) is 5.92 Å². The predicted octanol–water partition coefficient (Wildman–Crippen LogP) is 2.60. The number of likely N-dealkylation sites (tertiary alicyclic amines) is 1. The minimum atomic E-state index is -4.60. The molecule has 8 nitrogen and oxygen atoms in total. The highest BCUT2D eigenvalue weighted by Crippen LogP contribution is 2.37. The highest BCUT2D eigenvalue weighted by Gasteiger charge is 2.41. The maximum atomic E-state index is 13.0. The molecule has 0 radical (unpaired) electrons. The number of nitrogens with zero attached hydrogens (tertiary/aromatic N) is 2. The van der Waals surface area contributed by atoms with E-state index >= 15 is 0 Å². The molecule has 1 aromatic rings. The highest BCUT2D eigenvalue weighted by atomic mass is 32.2. The van der Waals surface area contributed by atoms with Gasteiger partial charge in [-0.2, -0.15) is 8.42 Å². The Labute approximate surface area is 206 Å². The summed E-state index contributed by atoms with van der Waals surface area (Å²) in [6, 6.07) is 10.0. The van der Waals surface area contributed by atoms with Crippen LogP contribution in [-0.2, 0) is 14.9 Å². The molecule has 4 heterocycles. The van der Waals surface area contributed by atoms with Crippen molar-refractivity contribution in [1.29, 1.82) is 0 Å². The minimum Gasteiger partial charge on any atom is -0.377 e. The van der Waals surface area contributed by atoms with E-state index in [4.69, 9.17) is 0 Å². The lowest BCUT2D eigenvalue weighted by molar-refractivity contribution is -0.117. The van der Waals surface area contributed by atoms with Gasteiger partial charge in [-0.1, -0.05) is 36.4 Å². The van der Waals surface area contributed by atoms with Crippen LogP contribution in [0.3, 0.4) is 0 Å². The number of hydrogen-bond acceptors (Lipinski definition) is 6. The average molecular weight is 495 g/mol. The number of amides is 1. The maximum absolute atomic E-state index is 13.0. The molecule has 2 saturated heterocycles. The standard InChI is InChI=1S/C26H30N4O4S/c31-26(22-17-21-18-28-24-8-4-7-23(30(21)24)25(22)35(32,33)34)27-13-9-20-11-15-29(16-12-20)14-10-19-5-2-1-3-6-19/h1-8,10,14,17,20-21,28H,9,11-13,15-16,18H2,(H,27,31)(H,32,33,34). The van der Waals surface area contributed by atoms with E-state index in [-0.39, 0.29) is 16.5 Å². The molecule has 1 unspecified atom stereocenters. The van der Waals surface area contributed by atoms with Crippen LogP contribution < -0.4 is 10.6 Å². The molecule has 1 atom stereocenters. The molecular formula is C26H30N4O4S. The largest absolute Gasteiger partial charge is 0.377 e. The smallest absolute Gasteiger partial charge is 0.297 e. The third-order valence-electron chi connectivity index (χ3n) is 6.95. The molecule has 1 aromatic carbocycles. The van der Waals surface area contributed by atoms with Gasteiger partial charge in [0.2, 0.25) is 0 Å². The minimum absolute atomic E-state index is 0.0132. The Bertz CT molecular complexity index is 1240. The van der Waals surface area contributed by atoms with Crippen molar-refractivity contribution in [3.8, 4) is 0 Å². The molecule has 0 bridgehead atoms. The van der Waals surface area contributed by atoms with E-state index in [9.17, 15) is 17.8 Å². The van der Waals surface area contributed by atoms with E-state index in [1.807, 2.05) is 24.3 Å². The van der Waals surface area contributed by atoms with Crippen LogP contribution in [0.5, 0.6) is 0 Å². The Morgan fingerprint density at radius 1 is 1.20 bits per heavy atom.